The molecular weight excluding hydrogens is 318 g/mol. The molecule has 0 aliphatic carbocycles. The van der Waals surface area contributed by atoms with Crippen molar-refractivity contribution in [3.63, 3.8) is 0 Å². The summed E-state index contributed by atoms with van der Waals surface area (Å²) >= 11 is 5.74. The molecule has 0 bridgehead atoms. The second kappa shape index (κ2) is 7.93. The topological polar surface area (TPSA) is 128 Å². The molecular formula is C12H12ClN3O6. The number of ether oxygens (including phenoxy) is 1. The standard InChI is InChI=1S/C12H12ClN3O6/c1-2-14-12(19)15-10(17)6-22-11(18)8-4-3-7(16(20)21)5-9(8)13/h3-5H,2,6H2,1H3,(H2,14,15,17,19). The number of rotatable bonds is 5. The van der Waals surface area contributed by atoms with Crippen molar-refractivity contribution >= 4 is 35.2 Å². The second-order valence-electron chi connectivity index (χ2n) is 3.91. The molecule has 0 aromatic heterocycles. The quantitative estimate of drug-likeness (QED) is 0.475. The minimum absolute atomic E-state index is 0.127. The maximum Gasteiger partial charge on any atom is 0.340 e. The van der Waals surface area contributed by atoms with E-state index in [9.17, 15) is 24.5 Å². The van der Waals surface area contributed by atoms with Crippen LogP contribution in [0.3, 0.4) is 0 Å². The average molecular weight is 330 g/mol. The molecule has 118 valence electrons. The van der Waals surface area contributed by atoms with Gasteiger partial charge < -0.3 is 10.1 Å². The molecule has 9 nitrogen and oxygen atoms in total. The van der Waals surface area contributed by atoms with Gasteiger partial charge in [-0.3, -0.25) is 20.2 Å². The first kappa shape index (κ1) is 17.4. The average Bonchev–Trinajstić information content (AvgIpc) is 2.44. The number of benzene rings is 1. The number of carbonyl (C=O) groups is 3. The third kappa shape index (κ3) is 5.02. The van der Waals surface area contributed by atoms with Crippen molar-refractivity contribution in [1.29, 1.82) is 0 Å². The third-order valence-corrected chi connectivity index (χ3v) is 2.62. The summed E-state index contributed by atoms with van der Waals surface area (Å²) in [5.74, 6) is -1.76. The molecule has 0 aliphatic heterocycles. The number of hydrogen-bond acceptors (Lipinski definition) is 6. The number of nitrogens with one attached hydrogen (secondary N) is 2. The van der Waals surface area contributed by atoms with E-state index in [-0.39, 0.29) is 16.3 Å². The highest BCUT2D eigenvalue weighted by Gasteiger charge is 2.17. The molecule has 10 heteroatoms. The lowest BCUT2D eigenvalue weighted by atomic mass is 10.2. The van der Waals surface area contributed by atoms with Crippen LogP contribution in [0.4, 0.5) is 10.5 Å². The van der Waals surface area contributed by atoms with E-state index in [1.165, 1.54) is 0 Å². The first-order valence-electron chi connectivity index (χ1n) is 6.04. The van der Waals surface area contributed by atoms with Crippen molar-refractivity contribution in [2.75, 3.05) is 13.2 Å². The van der Waals surface area contributed by atoms with Crippen molar-refractivity contribution in [3.05, 3.63) is 38.9 Å². The van der Waals surface area contributed by atoms with Gasteiger partial charge in [-0.1, -0.05) is 11.6 Å². The SMILES string of the molecule is CCNC(=O)NC(=O)COC(=O)c1ccc([N+](=O)[O-])cc1Cl. The van der Waals surface area contributed by atoms with Crippen molar-refractivity contribution in [2.24, 2.45) is 0 Å². The number of imide groups is 1. The Morgan fingerprint density at radius 2 is 2.05 bits per heavy atom. The van der Waals surface area contributed by atoms with Crippen LogP contribution in [0.5, 0.6) is 0 Å². The number of non-ortho nitro benzene ring substituents is 1. The van der Waals surface area contributed by atoms with Gasteiger partial charge in [0.05, 0.1) is 15.5 Å². The summed E-state index contributed by atoms with van der Waals surface area (Å²) in [7, 11) is 0. The predicted octanol–water partition coefficient (Wildman–Crippen LogP) is 1.25. The molecule has 2 N–H and O–H groups in total. The highest BCUT2D eigenvalue weighted by atomic mass is 35.5. The van der Waals surface area contributed by atoms with Gasteiger partial charge in [-0.05, 0) is 13.0 Å². The van der Waals surface area contributed by atoms with Gasteiger partial charge in [0.1, 0.15) is 0 Å². The Bertz CT molecular complexity index is 619. The van der Waals surface area contributed by atoms with Gasteiger partial charge in [0, 0.05) is 18.7 Å². The number of esters is 1. The van der Waals surface area contributed by atoms with Crippen molar-refractivity contribution in [2.45, 2.75) is 6.92 Å². The van der Waals surface area contributed by atoms with Crippen LogP contribution in [-0.2, 0) is 9.53 Å². The predicted molar refractivity (Wildman–Crippen MR) is 75.6 cm³/mol. The van der Waals surface area contributed by atoms with Crippen LogP contribution < -0.4 is 10.6 Å². The fraction of sp³-hybridized carbons (Fsp3) is 0.250. The minimum Gasteiger partial charge on any atom is -0.452 e. The zero-order chi connectivity index (χ0) is 16.7. The summed E-state index contributed by atoms with van der Waals surface area (Å²) < 4.78 is 4.66. The first-order valence-corrected chi connectivity index (χ1v) is 6.41. The summed E-state index contributed by atoms with van der Waals surface area (Å²) in [5, 5.41) is 14.6. The molecule has 0 aliphatic rings. The molecule has 22 heavy (non-hydrogen) atoms. The van der Waals surface area contributed by atoms with E-state index < -0.39 is 29.4 Å². The Hall–Kier alpha value is -2.68. The molecule has 1 rings (SSSR count). The summed E-state index contributed by atoms with van der Waals surface area (Å²) in [5.41, 5.74) is -0.409. The van der Waals surface area contributed by atoms with Gasteiger partial charge in [-0.25, -0.2) is 9.59 Å². The molecule has 0 fully saturated rings. The zero-order valence-corrected chi connectivity index (χ0v) is 12.2. The van der Waals surface area contributed by atoms with Crippen LogP contribution in [-0.4, -0.2) is 36.0 Å². The lowest BCUT2D eigenvalue weighted by Gasteiger charge is -2.07. The van der Waals surface area contributed by atoms with Gasteiger partial charge in [0.2, 0.25) is 0 Å². The van der Waals surface area contributed by atoms with Crippen LogP contribution in [0.15, 0.2) is 18.2 Å². The molecule has 0 saturated heterocycles. The summed E-state index contributed by atoms with van der Waals surface area (Å²) in [6.45, 7) is 1.31. The molecule has 0 unspecified atom stereocenters. The maximum absolute atomic E-state index is 11.7. The van der Waals surface area contributed by atoms with E-state index in [4.69, 9.17) is 11.6 Å². The normalized spacial score (nSPS) is 9.73. The van der Waals surface area contributed by atoms with E-state index in [0.29, 0.717) is 6.54 Å². The van der Waals surface area contributed by atoms with Crippen LogP contribution in [0.25, 0.3) is 0 Å². The van der Waals surface area contributed by atoms with E-state index in [1.807, 2.05) is 5.32 Å². The van der Waals surface area contributed by atoms with Crippen LogP contribution in [0, 0.1) is 10.1 Å². The van der Waals surface area contributed by atoms with E-state index in [1.54, 1.807) is 6.92 Å². The maximum atomic E-state index is 11.7. The third-order valence-electron chi connectivity index (χ3n) is 2.31. The number of nitrogens with zero attached hydrogens (tertiary/aromatic N) is 1. The van der Waals surface area contributed by atoms with Crippen molar-refractivity contribution in [3.8, 4) is 0 Å². The van der Waals surface area contributed by atoms with Gasteiger partial charge in [-0.15, -0.1) is 0 Å². The zero-order valence-electron chi connectivity index (χ0n) is 11.4. The number of halogens is 1. The van der Waals surface area contributed by atoms with E-state index in [2.05, 4.69) is 10.1 Å². The van der Waals surface area contributed by atoms with Crippen LogP contribution in [0.1, 0.15) is 17.3 Å². The second-order valence-corrected chi connectivity index (χ2v) is 4.31. The molecule has 0 saturated carbocycles. The molecule has 0 heterocycles. The molecule has 0 atom stereocenters. The fourth-order valence-corrected chi connectivity index (χ4v) is 1.61. The van der Waals surface area contributed by atoms with Gasteiger partial charge in [0.15, 0.2) is 6.61 Å². The smallest absolute Gasteiger partial charge is 0.340 e. The molecule has 0 radical (unpaired) electrons. The molecule has 1 aromatic carbocycles. The summed E-state index contributed by atoms with van der Waals surface area (Å²) in [6.07, 6.45) is 0. The number of urea groups is 1. The van der Waals surface area contributed by atoms with Gasteiger partial charge >= 0.3 is 12.0 Å². The summed E-state index contributed by atoms with van der Waals surface area (Å²) in [6, 6.07) is 2.48. The lowest BCUT2D eigenvalue weighted by Crippen LogP contribution is -2.41. The Kier molecular flexibility index (Phi) is 6.26. The Balaban J connectivity index is 2.61. The highest BCUT2D eigenvalue weighted by Crippen LogP contribution is 2.22. The van der Waals surface area contributed by atoms with Gasteiger partial charge in [0.25, 0.3) is 11.6 Å². The van der Waals surface area contributed by atoms with E-state index in [0.717, 1.165) is 18.2 Å². The number of hydrogen-bond donors (Lipinski definition) is 2. The van der Waals surface area contributed by atoms with Gasteiger partial charge in [-0.2, -0.15) is 0 Å². The Morgan fingerprint density at radius 1 is 1.36 bits per heavy atom. The lowest BCUT2D eigenvalue weighted by molar-refractivity contribution is -0.384. The van der Waals surface area contributed by atoms with Crippen molar-refractivity contribution < 1.29 is 24.0 Å². The highest BCUT2D eigenvalue weighted by molar-refractivity contribution is 6.33. The number of nitro groups is 1. The minimum atomic E-state index is -0.939. The fourth-order valence-electron chi connectivity index (χ4n) is 1.36. The number of nitro benzene ring substituents is 1. The monoisotopic (exact) mass is 329 g/mol. The molecule has 3 amide bonds. The van der Waals surface area contributed by atoms with Crippen molar-refractivity contribution in [1.82, 2.24) is 10.6 Å². The number of amides is 3. The summed E-state index contributed by atoms with van der Waals surface area (Å²) in [4.78, 5) is 44.0. The van der Waals surface area contributed by atoms with E-state index >= 15 is 0 Å². The number of carbonyl (C=O) groups excluding carboxylic acids is 3. The largest absolute Gasteiger partial charge is 0.452 e. The molecule has 1 aromatic rings. The Morgan fingerprint density at radius 3 is 2.59 bits per heavy atom. The van der Waals surface area contributed by atoms with Crippen LogP contribution in [0.2, 0.25) is 5.02 Å². The van der Waals surface area contributed by atoms with Crippen LogP contribution >= 0.6 is 11.6 Å². The first-order chi connectivity index (χ1) is 10.3. The molecule has 0 spiro atoms. The Labute approximate surface area is 129 Å².